The lowest BCUT2D eigenvalue weighted by Crippen LogP contribution is -2.24. The van der Waals surface area contributed by atoms with Crippen LogP contribution in [0.15, 0.2) is 48.5 Å². The third kappa shape index (κ3) is 3.99. The number of aromatic nitrogens is 1. The van der Waals surface area contributed by atoms with Crippen LogP contribution in [0.2, 0.25) is 0 Å². The quantitative estimate of drug-likeness (QED) is 0.670. The van der Waals surface area contributed by atoms with Gasteiger partial charge in [0, 0.05) is 16.8 Å². The molecule has 0 fully saturated rings. The molecule has 0 spiro atoms. The van der Waals surface area contributed by atoms with E-state index in [0.717, 1.165) is 47.0 Å². The third-order valence-electron chi connectivity index (χ3n) is 5.46. The van der Waals surface area contributed by atoms with Gasteiger partial charge in [-0.2, -0.15) is 0 Å². The number of nitrogens with one attached hydrogen (secondary N) is 1. The zero-order chi connectivity index (χ0) is 20.4. The number of esters is 1. The molecule has 3 aromatic rings. The van der Waals surface area contributed by atoms with Gasteiger partial charge in [-0.1, -0.05) is 43.3 Å². The fraction of sp³-hybridized carbons (Fsp3) is 0.292. The van der Waals surface area contributed by atoms with Crippen molar-refractivity contribution in [2.24, 2.45) is 5.92 Å². The maximum Gasteiger partial charge on any atom is 0.339 e. The average molecular weight is 388 g/mol. The number of nitrogens with zero attached hydrogens (tertiary/aromatic N) is 1. The van der Waals surface area contributed by atoms with Crippen LogP contribution in [0, 0.1) is 12.8 Å². The summed E-state index contributed by atoms with van der Waals surface area (Å²) in [5.41, 5.74) is 4.95. The van der Waals surface area contributed by atoms with Gasteiger partial charge in [-0.3, -0.25) is 9.78 Å². The van der Waals surface area contributed by atoms with Gasteiger partial charge in [-0.15, -0.1) is 0 Å². The summed E-state index contributed by atoms with van der Waals surface area (Å²) in [6, 6.07) is 15.1. The van der Waals surface area contributed by atoms with Crippen LogP contribution in [0.3, 0.4) is 0 Å². The summed E-state index contributed by atoms with van der Waals surface area (Å²) >= 11 is 0. The maximum atomic E-state index is 13.0. The van der Waals surface area contributed by atoms with E-state index in [0.29, 0.717) is 17.2 Å². The molecule has 2 aromatic carbocycles. The molecule has 29 heavy (non-hydrogen) atoms. The summed E-state index contributed by atoms with van der Waals surface area (Å²) in [4.78, 5) is 30.1. The SMILES string of the molecule is Cc1ccccc1NC(=O)COC(=O)c1c2c(nc3ccccc13)CCC(C)C2. The van der Waals surface area contributed by atoms with Gasteiger partial charge in [0.1, 0.15) is 0 Å². The molecule has 1 aliphatic carbocycles. The summed E-state index contributed by atoms with van der Waals surface area (Å²) in [6.07, 6.45) is 2.72. The largest absolute Gasteiger partial charge is 0.452 e. The Morgan fingerprint density at radius 1 is 1.14 bits per heavy atom. The van der Waals surface area contributed by atoms with Crippen LogP contribution in [-0.2, 0) is 22.4 Å². The molecule has 148 valence electrons. The minimum Gasteiger partial charge on any atom is -0.452 e. The van der Waals surface area contributed by atoms with Gasteiger partial charge in [-0.25, -0.2) is 4.79 Å². The number of benzene rings is 2. The number of ether oxygens (including phenoxy) is 1. The predicted octanol–water partition coefficient (Wildman–Crippen LogP) is 4.46. The number of anilines is 1. The summed E-state index contributed by atoms with van der Waals surface area (Å²) < 4.78 is 5.43. The summed E-state index contributed by atoms with van der Waals surface area (Å²) in [7, 11) is 0. The van der Waals surface area contributed by atoms with Gasteiger partial charge in [0.15, 0.2) is 6.61 Å². The van der Waals surface area contributed by atoms with Gasteiger partial charge in [0.25, 0.3) is 5.91 Å². The fourth-order valence-corrected chi connectivity index (χ4v) is 3.90. The molecule has 1 unspecified atom stereocenters. The lowest BCUT2D eigenvalue weighted by atomic mass is 9.84. The number of pyridine rings is 1. The normalized spacial score (nSPS) is 15.6. The van der Waals surface area contributed by atoms with E-state index in [2.05, 4.69) is 12.2 Å². The molecular weight excluding hydrogens is 364 g/mol. The Labute approximate surface area is 170 Å². The molecule has 0 saturated carbocycles. The van der Waals surface area contributed by atoms with E-state index in [-0.39, 0.29) is 12.5 Å². The van der Waals surface area contributed by atoms with Crippen molar-refractivity contribution in [3.8, 4) is 0 Å². The fourth-order valence-electron chi connectivity index (χ4n) is 3.90. The average Bonchev–Trinajstić information content (AvgIpc) is 2.72. The smallest absolute Gasteiger partial charge is 0.339 e. The van der Waals surface area contributed by atoms with E-state index in [1.165, 1.54) is 0 Å². The van der Waals surface area contributed by atoms with Crippen molar-refractivity contribution in [3.63, 3.8) is 0 Å². The Hall–Kier alpha value is -3.21. The highest BCUT2D eigenvalue weighted by molar-refractivity contribution is 6.06. The van der Waals surface area contributed by atoms with Gasteiger partial charge in [0.2, 0.25) is 0 Å². The van der Waals surface area contributed by atoms with Crippen LogP contribution < -0.4 is 5.32 Å². The summed E-state index contributed by atoms with van der Waals surface area (Å²) in [6.45, 7) is 3.77. The lowest BCUT2D eigenvalue weighted by molar-refractivity contribution is -0.119. The highest BCUT2D eigenvalue weighted by atomic mass is 16.5. The van der Waals surface area contributed by atoms with Gasteiger partial charge < -0.3 is 10.1 Å². The second-order valence-electron chi connectivity index (χ2n) is 7.72. The van der Waals surface area contributed by atoms with Gasteiger partial charge in [0.05, 0.1) is 11.1 Å². The predicted molar refractivity (Wildman–Crippen MR) is 113 cm³/mol. The first-order valence-corrected chi connectivity index (χ1v) is 9.96. The molecule has 5 nitrogen and oxygen atoms in total. The second kappa shape index (κ2) is 8.03. The van der Waals surface area contributed by atoms with Crippen molar-refractivity contribution < 1.29 is 14.3 Å². The van der Waals surface area contributed by atoms with Crippen LogP contribution >= 0.6 is 0 Å². The monoisotopic (exact) mass is 388 g/mol. The van der Waals surface area contributed by atoms with Crippen molar-refractivity contribution in [3.05, 3.63) is 70.9 Å². The number of hydrogen-bond acceptors (Lipinski definition) is 4. The molecule has 1 aliphatic rings. The molecule has 1 heterocycles. The molecule has 1 N–H and O–H groups in total. The van der Waals surface area contributed by atoms with Crippen molar-refractivity contribution in [2.75, 3.05) is 11.9 Å². The Balaban J connectivity index is 1.57. The minimum atomic E-state index is -0.464. The van der Waals surface area contributed by atoms with Gasteiger partial charge >= 0.3 is 5.97 Å². The molecule has 1 aromatic heterocycles. The van der Waals surface area contributed by atoms with Crippen LogP contribution in [0.4, 0.5) is 5.69 Å². The van der Waals surface area contributed by atoms with E-state index in [9.17, 15) is 9.59 Å². The maximum absolute atomic E-state index is 13.0. The van der Waals surface area contributed by atoms with Crippen molar-refractivity contribution >= 4 is 28.5 Å². The Kier molecular flexibility index (Phi) is 5.30. The van der Waals surface area contributed by atoms with Crippen LogP contribution in [0.5, 0.6) is 0 Å². The number of para-hydroxylation sites is 2. The number of fused-ring (bicyclic) bond motifs is 2. The highest BCUT2D eigenvalue weighted by Crippen LogP contribution is 2.32. The molecule has 0 aliphatic heterocycles. The van der Waals surface area contributed by atoms with Crippen molar-refractivity contribution in [2.45, 2.75) is 33.1 Å². The molecule has 0 saturated heterocycles. The minimum absolute atomic E-state index is 0.325. The number of carbonyl (C=O) groups excluding carboxylic acids is 2. The van der Waals surface area contributed by atoms with E-state index in [1.54, 1.807) is 0 Å². The lowest BCUT2D eigenvalue weighted by Gasteiger charge is -2.24. The van der Waals surface area contributed by atoms with E-state index >= 15 is 0 Å². The zero-order valence-corrected chi connectivity index (χ0v) is 16.7. The summed E-state index contributed by atoms with van der Waals surface area (Å²) in [5, 5.41) is 3.58. The van der Waals surface area contributed by atoms with Gasteiger partial charge in [-0.05, 0) is 55.4 Å². The Bertz CT molecular complexity index is 1090. The van der Waals surface area contributed by atoms with Crippen LogP contribution in [0.1, 0.15) is 40.5 Å². The number of aryl methyl sites for hydroxylation is 2. The topological polar surface area (TPSA) is 68.3 Å². The van der Waals surface area contributed by atoms with Crippen molar-refractivity contribution in [1.82, 2.24) is 4.98 Å². The number of rotatable bonds is 4. The Morgan fingerprint density at radius 2 is 1.90 bits per heavy atom. The number of carbonyl (C=O) groups is 2. The van der Waals surface area contributed by atoms with Crippen molar-refractivity contribution in [1.29, 1.82) is 0 Å². The molecule has 5 heteroatoms. The standard InChI is InChI=1S/C24H24N2O3/c1-15-11-12-21-18(13-15)23(17-8-4-6-10-20(17)25-21)24(28)29-14-22(27)26-19-9-5-3-7-16(19)2/h3-10,15H,11-14H2,1-2H3,(H,26,27). The zero-order valence-electron chi connectivity index (χ0n) is 16.7. The Morgan fingerprint density at radius 3 is 2.72 bits per heavy atom. The molecule has 0 radical (unpaired) electrons. The molecule has 1 amide bonds. The highest BCUT2D eigenvalue weighted by Gasteiger charge is 2.26. The van der Waals surface area contributed by atoms with Crippen LogP contribution in [-0.4, -0.2) is 23.5 Å². The first kappa shape index (κ1) is 19.1. The van der Waals surface area contributed by atoms with E-state index in [1.807, 2.05) is 55.5 Å². The molecule has 0 bridgehead atoms. The van der Waals surface area contributed by atoms with E-state index in [4.69, 9.17) is 9.72 Å². The molecule has 1 atom stereocenters. The van der Waals surface area contributed by atoms with Crippen LogP contribution in [0.25, 0.3) is 10.9 Å². The first-order chi connectivity index (χ1) is 14.0. The van der Waals surface area contributed by atoms with E-state index < -0.39 is 5.97 Å². The number of hydrogen-bond donors (Lipinski definition) is 1. The summed E-state index contributed by atoms with van der Waals surface area (Å²) in [5.74, 6) is -0.330. The third-order valence-corrected chi connectivity index (χ3v) is 5.46. The second-order valence-corrected chi connectivity index (χ2v) is 7.72. The number of amides is 1. The molecular formula is C24H24N2O3. The first-order valence-electron chi connectivity index (χ1n) is 9.96. The molecule has 4 rings (SSSR count).